The number of hydrogen-bond donors (Lipinski definition) is 0. The third-order valence-corrected chi connectivity index (χ3v) is 2.68. The quantitative estimate of drug-likeness (QED) is 0.305. The Morgan fingerprint density at radius 3 is 2.44 bits per heavy atom. The van der Waals surface area contributed by atoms with Crippen molar-refractivity contribution in [2.24, 2.45) is 22.9 Å². The third kappa shape index (κ3) is 7.13. The lowest BCUT2D eigenvalue weighted by Gasteiger charge is -2.25. The lowest BCUT2D eigenvalue weighted by atomic mass is 9.80. The van der Waals surface area contributed by atoms with Crippen molar-refractivity contribution >= 4 is 5.91 Å². The van der Waals surface area contributed by atoms with Crippen LogP contribution in [0, 0.1) is 17.8 Å². The fourth-order valence-electron chi connectivity index (χ4n) is 1.98. The minimum Gasteiger partial charge on any atom is -0.292 e. The smallest absolute Gasteiger partial charge is 0.222 e. The summed E-state index contributed by atoms with van der Waals surface area (Å²) in [7, 11) is 0. The molecule has 1 rings (SSSR count). The maximum absolute atomic E-state index is 11.4. The maximum atomic E-state index is 11.4. The van der Waals surface area contributed by atoms with E-state index in [4.69, 9.17) is 5.53 Å². The summed E-state index contributed by atoms with van der Waals surface area (Å²) >= 11 is 0. The first-order valence-corrected chi connectivity index (χ1v) is 6.76. The molecule has 4 nitrogen and oxygen atoms in total. The van der Waals surface area contributed by atoms with E-state index in [0.717, 1.165) is 31.6 Å². The molecule has 0 spiro atoms. The van der Waals surface area contributed by atoms with Crippen LogP contribution in [0.15, 0.2) is 17.3 Å². The number of azide groups is 1. The number of carbonyl (C=O) groups excluding carboxylic acids is 1. The number of hydrogen-bond acceptors (Lipinski definition) is 1. The van der Waals surface area contributed by atoms with Crippen molar-refractivity contribution in [3.8, 4) is 0 Å². The van der Waals surface area contributed by atoms with Crippen molar-refractivity contribution in [2.75, 3.05) is 0 Å². The Kier molecular flexibility index (Phi) is 9.03. The number of rotatable bonds is 3. The molecule has 0 heterocycles. The first-order valence-electron chi connectivity index (χ1n) is 6.76. The fourth-order valence-corrected chi connectivity index (χ4v) is 1.98. The van der Waals surface area contributed by atoms with Crippen molar-refractivity contribution in [3.05, 3.63) is 22.6 Å². The molecule has 4 heteroatoms. The average molecular weight is 251 g/mol. The Bertz CT molecular complexity index is 314. The second-order valence-corrected chi connectivity index (χ2v) is 5.36. The van der Waals surface area contributed by atoms with Gasteiger partial charge in [-0.1, -0.05) is 46.3 Å². The SMILES string of the molecule is CC(C)C.CCCC1CC=CCC1C(=O)N=[N+]=[N-]. The van der Waals surface area contributed by atoms with E-state index in [1.807, 2.05) is 6.08 Å². The van der Waals surface area contributed by atoms with E-state index < -0.39 is 0 Å². The Morgan fingerprint density at radius 1 is 1.39 bits per heavy atom. The zero-order valence-electron chi connectivity index (χ0n) is 12.0. The van der Waals surface area contributed by atoms with Gasteiger partial charge in [0.2, 0.25) is 5.91 Å². The second kappa shape index (κ2) is 9.72. The molecule has 0 fully saturated rings. The Labute approximate surface area is 110 Å². The van der Waals surface area contributed by atoms with E-state index in [-0.39, 0.29) is 11.8 Å². The first-order chi connectivity index (χ1) is 8.52. The van der Waals surface area contributed by atoms with E-state index in [0.29, 0.717) is 5.92 Å². The summed E-state index contributed by atoms with van der Waals surface area (Å²) in [6, 6.07) is 0. The molecule has 2 atom stereocenters. The van der Waals surface area contributed by atoms with Crippen molar-refractivity contribution in [1.29, 1.82) is 0 Å². The molecule has 18 heavy (non-hydrogen) atoms. The van der Waals surface area contributed by atoms with E-state index in [1.54, 1.807) is 0 Å². The predicted molar refractivity (Wildman–Crippen MR) is 74.9 cm³/mol. The van der Waals surface area contributed by atoms with Crippen LogP contribution in [0.3, 0.4) is 0 Å². The molecule has 0 radical (unpaired) electrons. The van der Waals surface area contributed by atoms with Gasteiger partial charge in [0.25, 0.3) is 0 Å². The molecule has 0 N–H and O–H groups in total. The molecular formula is C14H25N3O. The van der Waals surface area contributed by atoms with Crippen LogP contribution in [0.25, 0.3) is 10.4 Å². The van der Waals surface area contributed by atoms with Crippen LogP contribution in [0.4, 0.5) is 0 Å². The van der Waals surface area contributed by atoms with Gasteiger partial charge in [0, 0.05) is 10.8 Å². The van der Waals surface area contributed by atoms with Gasteiger partial charge in [-0.3, -0.25) is 4.79 Å². The van der Waals surface area contributed by atoms with Crippen LogP contribution < -0.4 is 0 Å². The molecule has 0 bridgehead atoms. The molecule has 0 saturated heterocycles. The fraction of sp³-hybridized carbons (Fsp3) is 0.786. The van der Waals surface area contributed by atoms with Gasteiger partial charge in [-0.05, 0) is 41.7 Å². The minimum atomic E-state index is -0.296. The van der Waals surface area contributed by atoms with E-state index in [2.05, 4.69) is 43.8 Å². The number of carbonyl (C=O) groups is 1. The highest BCUT2D eigenvalue weighted by molar-refractivity contribution is 5.80. The van der Waals surface area contributed by atoms with Crippen molar-refractivity contribution in [1.82, 2.24) is 0 Å². The Hall–Kier alpha value is -1.28. The number of nitrogens with zero attached hydrogens (tertiary/aromatic N) is 3. The standard InChI is InChI=1S/C10H15N3O.C4H10/c1-2-5-8-6-3-4-7-9(8)10(14)12-13-11;1-4(2)3/h3-4,8-9H,2,5-7H2,1H3;4H,1-3H3. The number of amides is 1. The summed E-state index contributed by atoms with van der Waals surface area (Å²) in [5.41, 5.74) is 8.20. The summed E-state index contributed by atoms with van der Waals surface area (Å²) < 4.78 is 0. The Morgan fingerprint density at radius 2 is 1.94 bits per heavy atom. The first kappa shape index (κ1) is 16.7. The molecule has 0 saturated carbocycles. The van der Waals surface area contributed by atoms with Crippen molar-refractivity contribution in [3.63, 3.8) is 0 Å². The molecule has 0 aromatic carbocycles. The monoisotopic (exact) mass is 251 g/mol. The van der Waals surface area contributed by atoms with E-state index in [9.17, 15) is 4.79 Å². The van der Waals surface area contributed by atoms with Gasteiger partial charge in [0.05, 0.1) is 0 Å². The zero-order valence-corrected chi connectivity index (χ0v) is 12.0. The van der Waals surface area contributed by atoms with Gasteiger partial charge in [-0.15, -0.1) is 0 Å². The predicted octanol–water partition coefficient (Wildman–Crippen LogP) is 4.87. The van der Waals surface area contributed by atoms with Crippen molar-refractivity contribution < 1.29 is 4.79 Å². The average Bonchev–Trinajstić information content (AvgIpc) is 2.29. The number of allylic oxidation sites excluding steroid dienone is 2. The lowest BCUT2D eigenvalue weighted by molar-refractivity contribution is -0.123. The van der Waals surface area contributed by atoms with Crippen LogP contribution in [0.5, 0.6) is 0 Å². The van der Waals surface area contributed by atoms with Gasteiger partial charge >= 0.3 is 0 Å². The highest BCUT2D eigenvalue weighted by atomic mass is 16.1. The van der Waals surface area contributed by atoms with Gasteiger partial charge < -0.3 is 0 Å². The second-order valence-electron chi connectivity index (χ2n) is 5.36. The summed E-state index contributed by atoms with van der Waals surface area (Å²) in [6.07, 6.45) is 7.87. The molecule has 0 aromatic heterocycles. The zero-order chi connectivity index (χ0) is 14.0. The molecule has 0 aliphatic heterocycles. The van der Waals surface area contributed by atoms with Crippen LogP contribution in [-0.2, 0) is 4.79 Å². The Balaban J connectivity index is 0.000000631. The molecule has 1 aliphatic carbocycles. The molecular weight excluding hydrogens is 226 g/mol. The van der Waals surface area contributed by atoms with Crippen LogP contribution in [-0.4, -0.2) is 5.91 Å². The molecule has 1 amide bonds. The van der Waals surface area contributed by atoms with Crippen molar-refractivity contribution in [2.45, 2.75) is 53.4 Å². The largest absolute Gasteiger partial charge is 0.292 e. The van der Waals surface area contributed by atoms with Gasteiger partial charge in [0.1, 0.15) is 0 Å². The van der Waals surface area contributed by atoms with Gasteiger partial charge in [-0.2, -0.15) is 0 Å². The van der Waals surface area contributed by atoms with Crippen LogP contribution in [0.2, 0.25) is 0 Å². The maximum Gasteiger partial charge on any atom is 0.222 e. The van der Waals surface area contributed by atoms with Gasteiger partial charge in [0.15, 0.2) is 0 Å². The summed E-state index contributed by atoms with van der Waals surface area (Å²) in [6.45, 7) is 8.60. The molecule has 102 valence electrons. The van der Waals surface area contributed by atoms with E-state index >= 15 is 0 Å². The van der Waals surface area contributed by atoms with Crippen LogP contribution in [0.1, 0.15) is 53.4 Å². The highest BCUT2D eigenvalue weighted by Crippen LogP contribution is 2.30. The summed E-state index contributed by atoms with van der Waals surface area (Å²) in [4.78, 5) is 14.0. The summed E-state index contributed by atoms with van der Waals surface area (Å²) in [5.74, 6) is 0.814. The van der Waals surface area contributed by atoms with Gasteiger partial charge in [-0.25, -0.2) is 0 Å². The van der Waals surface area contributed by atoms with E-state index in [1.165, 1.54) is 0 Å². The topological polar surface area (TPSA) is 65.8 Å². The minimum absolute atomic E-state index is 0.0872. The lowest BCUT2D eigenvalue weighted by Crippen LogP contribution is -2.23. The van der Waals surface area contributed by atoms with Crippen LogP contribution >= 0.6 is 0 Å². The third-order valence-electron chi connectivity index (χ3n) is 2.68. The molecule has 1 aliphatic rings. The molecule has 2 unspecified atom stereocenters. The summed E-state index contributed by atoms with van der Waals surface area (Å²) in [5, 5.41) is 3.19. The molecule has 0 aromatic rings. The highest BCUT2D eigenvalue weighted by Gasteiger charge is 2.26. The normalized spacial score (nSPS) is 21.8.